The first-order valence-electron chi connectivity index (χ1n) is 9.32. The molecule has 30 heavy (non-hydrogen) atoms. The van der Waals surface area contributed by atoms with Crippen LogP contribution in [0.25, 0.3) is 0 Å². The number of carboxylic acids is 1. The molecule has 8 nitrogen and oxygen atoms in total. The van der Waals surface area contributed by atoms with Crippen molar-refractivity contribution in [1.82, 2.24) is 5.32 Å². The SMILES string of the molecule is CC(C)(C)OC(=O)Oc1ccc(C[C@H](NC(=O)OCc2ccccc2)C(=O)O)cc1. The Kier molecular flexibility index (Phi) is 7.80. The molecule has 0 unspecified atom stereocenters. The fourth-order valence-corrected chi connectivity index (χ4v) is 2.40. The van der Waals surface area contributed by atoms with Crippen LogP contribution in [0.3, 0.4) is 0 Å². The van der Waals surface area contributed by atoms with Crippen molar-refractivity contribution in [2.24, 2.45) is 0 Å². The van der Waals surface area contributed by atoms with E-state index in [0.29, 0.717) is 5.56 Å². The average molecular weight is 415 g/mol. The molecule has 2 N–H and O–H groups in total. The molecule has 2 aromatic carbocycles. The van der Waals surface area contributed by atoms with Crippen LogP contribution in [-0.2, 0) is 27.3 Å². The number of carboxylic acid groups (broad SMARTS) is 1. The molecule has 0 spiro atoms. The van der Waals surface area contributed by atoms with E-state index in [2.05, 4.69) is 5.32 Å². The zero-order chi connectivity index (χ0) is 22.1. The fourth-order valence-electron chi connectivity index (χ4n) is 2.40. The van der Waals surface area contributed by atoms with E-state index in [-0.39, 0.29) is 18.8 Å². The Morgan fingerprint density at radius 2 is 1.60 bits per heavy atom. The first-order chi connectivity index (χ1) is 14.1. The molecule has 0 saturated carbocycles. The molecule has 2 rings (SSSR count). The molecule has 1 amide bonds. The second kappa shape index (κ2) is 10.3. The summed E-state index contributed by atoms with van der Waals surface area (Å²) >= 11 is 0. The van der Waals surface area contributed by atoms with Gasteiger partial charge in [-0.3, -0.25) is 0 Å². The predicted octanol–water partition coefficient (Wildman–Crippen LogP) is 3.92. The molecule has 0 bridgehead atoms. The standard InChI is InChI=1S/C22H25NO7/c1-22(2,3)30-21(27)29-17-11-9-15(10-12-17)13-18(19(24)25)23-20(26)28-14-16-7-5-4-6-8-16/h4-12,18H,13-14H2,1-3H3,(H,23,26)(H,24,25)/t18-/m0/s1. The van der Waals surface area contributed by atoms with E-state index in [0.717, 1.165) is 5.56 Å². The van der Waals surface area contributed by atoms with Crippen molar-refractivity contribution in [1.29, 1.82) is 0 Å². The van der Waals surface area contributed by atoms with E-state index in [9.17, 15) is 19.5 Å². The van der Waals surface area contributed by atoms with Crippen LogP contribution < -0.4 is 10.1 Å². The molecule has 160 valence electrons. The van der Waals surface area contributed by atoms with E-state index in [4.69, 9.17) is 14.2 Å². The lowest BCUT2D eigenvalue weighted by atomic mass is 10.1. The number of carbonyl (C=O) groups is 3. The van der Waals surface area contributed by atoms with Crippen LogP contribution in [-0.4, -0.2) is 35.0 Å². The molecule has 0 saturated heterocycles. The molecule has 0 aliphatic heterocycles. The predicted molar refractivity (Wildman–Crippen MR) is 108 cm³/mol. The molecular formula is C22H25NO7. The molecule has 0 radical (unpaired) electrons. The minimum atomic E-state index is -1.19. The van der Waals surface area contributed by atoms with E-state index < -0.39 is 29.9 Å². The summed E-state index contributed by atoms with van der Waals surface area (Å²) < 4.78 is 15.2. The van der Waals surface area contributed by atoms with Crippen LogP contribution >= 0.6 is 0 Å². The maximum atomic E-state index is 11.9. The van der Waals surface area contributed by atoms with Gasteiger partial charge in [0.05, 0.1) is 0 Å². The van der Waals surface area contributed by atoms with E-state index in [1.165, 1.54) is 12.1 Å². The number of amides is 1. The number of hydrogen-bond donors (Lipinski definition) is 2. The average Bonchev–Trinajstić information content (AvgIpc) is 2.66. The number of aliphatic carboxylic acids is 1. The van der Waals surface area contributed by atoms with Gasteiger partial charge < -0.3 is 24.6 Å². The smallest absolute Gasteiger partial charge is 0.480 e. The minimum absolute atomic E-state index is 0.0302. The first kappa shape index (κ1) is 22.7. The molecule has 0 heterocycles. The molecule has 0 fully saturated rings. The Bertz CT molecular complexity index is 857. The summed E-state index contributed by atoms with van der Waals surface area (Å²) in [5.74, 6) is -0.934. The highest BCUT2D eigenvalue weighted by molar-refractivity contribution is 5.80. The maximum absolute atomic E-state index is 11.9. The molecule has 0 aliphatic rings. The summed E-state index contributed by atoms with van der Waals surface area (Å²) in [7, 11) is 0. The van der Waals surface area contributed by atoms with Gasteiger partial charge in [-0.2, -0.15) is 0 Å². The Morgan fingerprint density at radius 3 is 2.17 bits per heavy atom. The van der Waals surface area contributed by atoms with Crippen molar-refractivity contribution in [3.8, 4) is 5.75 Å². The second-order valence-electron chi connectivity index (χ2n) is 7.51. The van der Waals surface area contributed by atoms with Crippen molar-refractivity contribution in [3.05, 3.63) is 65.7 Å². The molecule has 0 aromatic heterocycles. The third-order valence-electron chi connectivity index (χ3n) is 3.76. The minimum Gasteiger partial charge on any atom is -0.480 e. The van der Waals surface area contributed by atoms with Crippen LogP contribution in [0, 0.1) is 0 Å². The Balaban J connectivity index is 1.89. The number of carbonyl (C=O) groups excluding carboxylic acids is 2. The highest BCUT2D eigenvalue weighted by atomic mass is 16.7. The highest BCUT2D eigenvalue weighted by Crippen LogP contribution is 2.16. The summed E-state index contributed by atoms with van der Waals surface area (Å²) in [5.41, 5.74) is 0.745. The van der Waals surface area contributed by atoms with Crippen molar-refractivity contribution >= 4 is 18.2 Å². The Morgan fingerprint density at radius 1 is 0.967 bits per heavy atom. The van der Waals surface area contributed by atoms with Crippen LogP contribution in [0.2, 0.25) is 0 Å². The number of nitrogens with one attached hydrogen (secondary N) is 1. The first-order valence-corrected chi connectivity index (χ1v) is 9.32. The zero-order valence-electron chi connectivity index (χ0n) is 17.1. The van der Waals surface area contributed by atoms with Crippen LogP contribution in [0.1, 0.15) is 31.9 Å². The lowest BCUT2D eigenvalue weighted by molar-refractivity contribution is -0.139. The van der Waals surface area contributed by atoms with Gasteiger partial charge in [0, 0.05) is 6.42 Å². The third-order valence-corrected chi connectivity index (χ3v) is 3.76. The molecule has 0 aliphatic carbocycles. The molecule has 2 aromatic rings. The lowest BCUT2D eigenvalue weighted by Crippen LogP contribution is -2.42. The number of benzene rings is 2. The summed E-state index contributed by atoms with van der Waals surface area (Å²) in [6, 6.07) is 14.1. The topological polar surface area (TPSA) is 111 Å². The number of hydrogen-bond acceptors (Lipinski definition) is 6. The highest BCUT2D eigenvalue weighted by Gasteiger charge is 2.22. The molecule has 8 heteroatoms. The van der Waals surface area contributed by atoms with Crippen molar-refractivity contribution in [3.63, 3.8) is 0 Å². The van der Waals surface area contributed by atoms with Gasteiger partial charge in [-0.25, -0.2) is 14.4 Å². The fraction of sp³-hybridized carbons (Fsp3) is 0.318. The van der Waals surface area contributed by atoms with Crippen LogP contribution in [0.15, 0.2) is 54.6 Å². The van der Waals surface area contributed by atoms with E-state index in [1.807, 2.05) is 18.2 Å². The van der Waals surface area contributed by atoms with Crippen molar-refractivity contribution in [2.75, 3.05) is 0 Å². The third kappa shape index (κ3) is 8.22. The van der Waals surface area contributed by atoms with Gasteiger partial charge in [0.25, 0.3) is 0 Å². The normalized spacial score (nSPS) is 11.8. The van der Waals surface area contributed by atoms with Crippen molar-refractivity contribution < 1.29 is 33.7 Å². The maximum Gasteiger partial charge on any atom is 0.514 e. The monoisotopic (exact) mass is 415 g/mol. The molecular weight excluding hydrogens is 390 g/mol. The quantitative estimate of drug-likeness (QED) is 0.521. The van der Waals surface area contributed by atoms with Gasteiger partial charge in [-0.05, 0) is 44.0 Å². The van der Waals surface area contributed by atoms with Gasteiger partial charge >= 0.3 is 18.2 Å². The number of ether oxygens (including phenoxy) is 3. The van der Waals surface area contributed by atoms with Gasteiger partial charge in [-0.15, -0.1) is 0 Å². The van der Waals surface area contributed by atoms with Gasteiger partial charge in [0.1, 0.15) is 24.0 Å². The van der Waals surface area contributed by atoms with Gasteiger partial charge in [0.15, 0.2) is 0 Å². The number of alkyl carbamates (subject to hydrolysis) is 1. The molecule has 1 atom stereocenters. The Labute approximate surface area is 174 Å². The summed E-state index contributed by atoms with van der Waals surface area (Å²) in [6.45, 7) is 5.21. The van der Waals surface area contributed by atoms with Crippen LogP contribution in [0.5, 0.6) is 5.75 Å². The number of rotatable bonds is 7. The summed E-state index contributed by atoms with van der Waals surface area (Å²) in [6.07, 6.45) is -1.62. The zero-order valence-corrected chi connectivity index (χ0v) is 17.1. The van der Waals surface area contributed by atoms with E-state index >= 15 is 0 Å². The second-order valence-corrected chi connectivity index (χ2v) is 7.51. The van der Waals surface area contributed by atoms with Gasteiger partial charge in [0.2, 0.25) is 0 Å². The van der Waals surface area contributed by atoms with Crippen LogP contribution in [0.4, 0.5) is 9.59 Å². The van der Waals surface area contributed by atoms with Gasteiger partial charge in [-0.1, -0.05) is 42.5 Å². The summed E-state index contributed by atoms with van der Waals surface area (Å²) in [4.78, 5) is 35.1. The van der Waals surface area contributed by atoms with Crippen molar-refractivity contribution in [2.45, 2.75) is 45.4 Å². The summed E-state index contributed by atoms with van der Waals surface area (Å²) in [5, 5.41) is 11.7. The largest absolute Gasteiger partial charge is 0.514 e. The Hall–Kier alpha value is -3.55. The lowest BCUT2D eigenvalue weighted by Gasteiger charge is -2.18. The van der Waals surface area contributed by atoms with E-state index in [1.54, 1.807) is 45.0 Å².